The molecule has 2 aromatic carbocycles. The van der Waals surface area contributed by atoms with Crippen molar-refractivity contribution in [1.29, 1.82) is 0 Å². The summed E-state index contributed by atoms with van der Waals surface area (Å²) >= 11 is 0. The van der Waals surface area contributed by atoms with Crippen molar-refractivity contribution in [1.82, 2.24) is 15.2 Å². The number of rotatable bonds is 7. The SMILES string of the molecule is Cc1ccc2c(OCCN3CCC(Cc4ccc(F)c(C5CCNCC5)c4)CC3)cccc2n1. The average Bonchev–Trinajstić information content (AvgIpc) is 2.86. The van der Waals surface area contributed by atoms with Crippen LogP contribution in [0.4, 0.5) is 4.39 Å². The number of ether oxygens (including phenoxy) is 1. The van der Waals surface area contributed by atoms with Gasteiger partial charge in [0.2, 0.25) is 0 Å². The lowest BCUT2D eigenvalue weighted by Crippen LogP contribution is -2.37. The van der Waals surface area contributed by atoms with Gasteiger partial charge in [-0.25, -0.2) is 4.39 Å². The van der Waals surface area contributed by atoms with Crippen LogP contribution in [0.5, 0.6) is 5.75 Å². The summed E-state index contributed by atoms with van der Waals surface area (Å²) in [7, 11) is 0. The van der Waals surface area contributed by atoms with Gasteiger partial charge in [-0.1, -0.05) is 18.2 Å². The highest BCUT2D eigenvalue weighted by molar-refractivity contribution is 5.85. The molecule has 3 heterocycles. The molecule has 0 saturated carbocycles. The molecule has 4 nitrogen and oxygen atoms in total. The van der Waals surface area contributed by atoms with Gasteiger partial charge >= 0.3 is 0 Å². The van der Waals surface area contributed by atoms with Crippen LogP contribution in [0.15, 0.2) is 48.5 Å². The summed E-state index contributed by atoms with van der Waals surface area (Å²) in [6.45, 7) is 7.84. The second-order valence-corrected chi connectivity index (χ2v) is 9.99. The van der Waals surface area contributed by atoms with Gasteiger partial charge in [0.1, 0.15) is 18.2 Å². The molecule has 0 unspecified atom stereocenters. The molecule has 3 aromatic rings. The number of aryl methyl sites for hydroxylation is 1. The van der Waals surface area contributed by atoms with Gasteiger partial charge in [0.15, 0.2) is 0 Å². The number of piperidine rings is 2. The quantitative estimate of drug-likeness (QED) is 0.505. The Hall–Kier alpha value is -2.50. The third kappa shape index (κ3) is 5.59. The first-order chi connectivity index (χ1) is 16.7. The van der Waals surface area contributed by atoms with E-state index in [2.05, 4.69) is 27.3 Å². The van der Waals surface area contributed by atoms with Crippen LogP contribution in [-0.2, 0) is 6.42 Å². The number of benzene rings is 2. The van der Waals surface area contributed by atoms with Crippen LogP contribution in [0.1, 0.15) is 48.4 Å². The molecule has 0 spiro atoms. The van der Waals surface area contributed by atoms with Gasteiger partial charge < -0.3 is 10.1 Å². The maximum Gasteiger partial charge on any atom is 0.128 e. The molecule has 2 aliphatic rings. The van der Waals surface area contributed by atoms with Crippen molar-refractivity contribution in [2.45, 2.75) is 44.9 Å². The Morgan fingerprint density at radius 3 is 2.68 bits per heavy atom. The highest BCUT2D eigenvalue weighted by Gasteiger charge is 2.22. The molecule has 2 saturated heterocycles. The molecule has 0 atom stereocenters. The van der Waals surface area contributed by atoms with Crippen LogP contribution in [0.25, 0.3) is 10.9 Å². The van der Waals surface area contributed by atoms with Gasteiger partial charge in [0.25, 0.3) is 0 Å². The van der Waals surface area contributed by atoms with Crippen LogP contribution in [0, 0.1) is 18.7 Å². The Labute approximate surface area is 202 Å². The molecular formula is C29H36FN3O. The van der Waals surface area contributed by atoms with Gasteiger partial charge in [-0.15, -0.1) is 0 Å². The van der Waals surface area contributed by atoms with E-state index in [1.807, 2.05) is 37.3 Å². The zero-order valence-electron chi connectivity index (χ0n) is 20.2. The van der Waals surface area contributed by atoms with Crippen molar-refractivity contribution in [3.63, 3.8) is 0 Å². The number of fused-ring (bicyclic) bond motifs is 1. The van der Waals surface area contributed by atoms with Crippen LogP contribution in [-0.4, -0.2) is 49.2 Å². The monoisotopic (exact) mass is 461 g/mol. The van der Waals surface area contributed by atoms with Gasteiger partial charge in [-0.05, 0) is 119 Å². The normalized spacial score (nSPS) is 18.4. The molecule has 0 aliphatic carbocycles. The highest BCUT2D eigenvalue weighted by Crippen LogP contribution is 2.30. The number of hydrogen-bond acceptors (Lipinski definition) is 4. The summed E-state index contributed by atoms with van der Waals surface area (Å²) in [5.74, 6) is 1.93. The van der Waals surface area contributed by atoms with Gasteiger partial charge in [0, 0.05) is 17.6 Å². The Kier molecular flexibility index (Phi) is 7.41. The minimum Gasteiger partial charge on any atom is -0.492 e. The van der Waals surface area contributed by atoms with Crippen molar-refractivity contribution in [2.75, 3.05) is 39.3 Å². The third-order valence-electron chi connectivity index (χ3n) is 7.57. The summed E-state index contributed by atoms with van der Waals surface area (Å²) in [5.41, 5.74) is 4.25. The summed E-state index contributed by atoms with van der Waals surface area (Å²) in [6, 6.07) is 16.1. The fourth-order valence-corrected chi connectivity index (χ4v) is 5.55. The van der Waals surface area contributed by atoms with E-state index in [0.29, 0.717) is 18.4 Å². The summed E-state index contributed by atoms with van der Waals surface area (Å²) in [6.07, 6.45) is 5.52. The van der Waals surface area contributed by atoms with E-state index < -0.39 is 0 Å². The molecule has 2 aliphatic heterocycles. The molecule has 2 fully saturated rings. The van der Waals surface area contributed by atoms with Crippen molar-refractivity contribution in [2.24, 2.45) is 5.92 Å². The minimum absolute atomic E-state index is 0.0254. The fraction of sp³-hybridized carbons (Fsp3) is 0.483. The molecule has 0 radical (unpaired) electrons. The highest BCUT2D eigenvalue weighted by atomic mass is 19.1. The number of hydrogen-bond donors (Lipinski definition) is 1. The number of pyridine rings is 1. The molecule has 1 N–H and O–H groups in total. The number of nitrogens with zero attached hydrogens (tertiary/aromatic N) is 2. The van der Waals surface area contributed by atoms with Crippen LogP contribution in [0.2, 0.25) is 0 Å². The van der Waals surface area contributed by atoms with Crippen molar-refractivity contribution in [3.05, 3.63) is 71.2 Å². The maximum absolute atomic E-state index is 14.5. The number of likely N-dealkylation sites (tertiary alicyclic amines) is 1. The first-order valence-corrected chi connectivity index (χ1v) is 12.9. The second kappa shape index (κ2) is 10.8. The van der Waals surface area contributed by atoms with Crippen molar-refractivity contribution < 1.29 is 9.13 Å². The second-order valence-electron chi connectivity index (χ2n) is 9.99. The van der Waals surface area contributed by atoms with E-state index in [1.54, 1.807) is 6.07 Å². The van der Waals surface area contributed by atoms with Gasteiger partial charge in [-0.3, -0.25) is 9.88 Å². The minimum atomic E-state index is -0.0254. The molecule has 0 bridgehead atoms. The molecule has 1 aromatic heterocycles. The maximum atomic E-state index is 14.5. The summed E-state index contributed by atoms with van der Waals surface area (Å²) < 4.78 is 20.6. The number of aromatic nitrogens is 1. The molecular weight excluding hydrogens is 425 g/mol. The molecule has 34 heavy (non-hydrogen) atoms. The number of nitrogens with one attached hydrogen (secondary N) is 1. The Morgan fingerprint density at radius 2 is 1.85 bits per heavy atom. The van der Waals surface area contributed by atoms with Gasteiger partial charge in [-0.2, -0.15) is 0 Å². The van der Waals surface area contributed by atoms with Crippen LogP contribution >= 0.6 is 0 Å². The first kappa shape index (κ1) is 23.3. The zero-order chi connectivity index (χ0) is 23.3. The largest absolute Gasteiger partial charge is 0.492 e. The van der Waals surface area contributed by atoms with Crippen molar-refractivity contribution >= 4 is 10.9 Å². The lowest BCUT2D eigenvalue weighted by molar-refractivity contribution is 0.155. The Balaban J connectivity index is 1.10. The Morgan fingerprint density at radius 1 is 1.03 bits per heavy atom. The van der Waals surface area contributed by atoms with E-state index in [1.165, 1.54) is 18.4 Å². The predicted octanol–water partition coefficient (Wildman–Crippen LogP) is 5.48. The molecule has 0 amide bonds. The first-order valence-electron chi connectivity index (χ1n) is 12.9. The average molecular weight is 462 g/mol. The Bertz CT molecular complexity index is 1100. The fourth-order valence-electron chi connectivity index (χ4n) is 5.55. The predicted molar refractivity (Wildman–Crippen MR) is 136 cm³/mol. The zero-order valence-corrected chi connectivity index (χ0v) is 20.2. The third-order valence-corrected chi connectivity index (χ3v) is 7.57. The topological polar surface area (TPSA) is 37.4 Å². The smallest absolute Gasteiger partial charge is 0.128 e. The lowest BCUT2D eigenvalue weighted by atomic mass is 9.86. The lowest BCUT2D eigenvalue weighted by Gasteiger charge is -2.32. The standard InChI is InChI=1S/C29H36FN3O/c1-21-5-7-25-28(32-21)3-2-4-29(25)34-18-17-33-15-11-22(12-16-33)19-23-6-8-27(30)26(20-23)24-9-13-31-14-10-24/h2-8,20,22,24,31H,9-19H2,1H3. The van der Waals surface area contributed by atoms with E-state index in [0.717, 1.165) is 79.9 Å². The molecule has 5 rings (SSSR count). The summed E-state index contributed by atoms with van der Waals surface area (Å²) in [4.78, 5) is 7.11. The van der Waals surface area contributed by atoms with E-state index in [4.69, 9.17) is 4.74 Å². The van der Waals surface area contributed by atoms with Crippen molar-refractivity contribution in [3.8, 4) is 5.75 Å². The van der Waals surface area contributed by atoms with Crippen LogP contribution < -0.4 is 10.1 Å². The summed E-state index contributed by atoms with van der Waals surface area (Å²) in [5, 5.41) is 4.46. The van der Waals surface area contributed by atoms with E-state index in [9.17, 15) is 4.39 Å². The molecule has 180 valence electrons. The van der Waals surface area contributed by atoms with E-state index >= 15 is 0 Å². The number of halogens is 1. The molecule has 5 heteroatoms. The van der Waals surface area contributed by atoms with Gasteiger partial charge in [0.05, 0.1) is 5.52 Å². The van der Waals surface area contributed by atoms with E-state index in [-0.39, 0.29) is 5.82 Å². The van der Waals surface area contributed by atoms with Crippen LogP contribution in [0.3, 0.4) is 0 Å².